The van der Waals surface area contributed by atoms with Crippen LogP contribution in [0.5, 0.6) is 0 Å². The molecule has 3 aliphatic rings. The molecule has 0 unspecified atom stereocenters. The number of aryl methyl sites for hydroxylation is 1. The van der Waals surface area contributed by atoms with E-state index in [2.05, 4.69) is 61.8 Å². The van der Waals surface area contributed by atoms with Gasteiger partial charge in [-0.05, 0) is 128 Å². The van der Waals surface area contributed by atoms with Crippen LogP contribution < -0.4 is 0 Å². The summed E-state index contributed by atoms with van der Waals surface area (Å²) in [7, 11) is 0. The molecule has 2 nitrogen and oxygen atoms in total. The maximum Gasteiger partial charge on any atom is 0.0125 e. The van der Waals surface area contributed by atoms with E-state index in [0.29, 0.717) is 11.0 Å². The van der Waals surface area contributed by atoms with Crippen molar-refractivity contribution in [1.82, 2.24) is 9.80 Å². The van der Waals surface area contributed by atoms with Crippen LogP contribution in [-0.4, -0.2) is 48.1 Å². The van der Waals surface area contributed by atoms with Crippen LogP contribution in [-0.2, 0) is 0 Å². The van der Waals surface area contributed by atoms with Crippen LogP contribution in [0.3, 0.4) is 0 Å². The summed E-state index contributed by atoms with van der Waals surface area (Å²) in [5, 5.41) is 0. The van der Waals surface area contributed by atoms with Crippen molar-refractivity contribution in [2.75, 3.05) is 32.7 Å². The van der Waals surface area contributed by atoms with E-state index in [1.807, 2.05) is 0 Å². The number of piperidine rings is 2. The largest absolute Gasteiger partial charge is 0.303 e. The molecule has 4 rings (SSSR count). The Hall–Kier alpha value is -0.860. The van der Waals surface area contributed by atoms with Gasteiger partial charge in [-0.2, -0.15) is 0 Å². The highest BCUT2D eigenvalue weighted by Crippen LogP contribution is 2.49. The Morgan fingerprint density at radius 2 is 1.41 bits per heavy atom. The first-order chi connectivity index (χ1) is 13.8. The summed E-state index contributed by atoms with van der Waals surface area (Å²) in [6, 6.07) is 9.35. The van der Waals surface area contributed by atoms with Crippen molar-refractivity contribution in [1.29, 1.82) is 0 Å². The molecule has 162 valence electrons. The Morgan fingerprint density at radius 3 is 1.97 bits per heavy atom. The lowest BCUT2D eigenvalue weighted by Crippen LogP contribution is -2.48. The lowest BCUT2D eigenvalue weighted by Gasteiger charge is -2.47. The minimum absolute atomic E-state index is 0.347. The lowest BCUT2D eigenvalue weighted by molar-refractivity contribution is 0.0367. The molecule has 2 heterocycles. The first-order valence-corrected chi connectivity index (χ1v) is 12.4. The molecule has 0 N–H and O–H groups in total. The Labute approximate surface area is 180 Å². The van der Waals surface area contributed by atoms with E-state index in [0.717, 1.165) is 11.8 Å². The monoisotopic (exact) mass is 396 g/mol. The number of rotatable bonds is 3. The third-order valence-corrected chi connectivity index (χ3v) is 8.59. The van der Waals surface area contributed by atoms with E-state index >= 15 is 0 Å². The van der Waals surface area contributed by atoms with E-state index in [9.17, 15) is 0 Å². The quantitative estimate of drug-likeness (QED) is 0.596. The summed E-state index contributed by atoms with van der Waals surface area (Å²) in [5.41, 5.74) is 4.00. The average Bonchev–Trinajstić information content (AvgIpc) is 2.71. The molecule has 0 amide bonds. The lowest BCUT2D eigenvalue weighted by atomic mass is 9.64. The van der Waals surface area contributed by atoms with E-state index in [1.165, 1.54) is 89.7 Å². The van der Waals surface area contributed by atoms with E-state index in [-0.39, 0.29) is 0 Å². The topological polar surface area (TPSA) is 6.48 Å². The van der Waals surface area contributed by atoms with Gasteiger partial charge in [0.2, 0.25) is 0 Å². The van der Waals surface area contributed by atoms with Crippen LogP contribution in [0.2, 0.25) is 0 Å². The summed E-state index contributed by atoms with van der Waals surface area (Å²) in [5.74, 6) is 1.74. The third-order valence-electron chi connectivity index (χ3n) is 8.59. The Bertz CT molecular complexity index is 630. The second-order valence-electron chi connectivity index (χ2n) is 11.6. The molecule has 1 saturated carbocycles. The molecular weight excluding hydrogens is 352 g/mol. The number of likely N-dealkylation sites (tertiary alicyclic amines) is 2. The van der Waals surface area contributed by atoms with Gasteiger partial charge in [0, 0.05) is 12.1 Å². The predicted octanol–water partition coefficient (Wildman–Crippen LogP) is 6.25. The van der Waals surface area contributed by atoms with Crippen LogP contribution >= 0.6 is 0 Å². The van der Waals surface area contributed by atoms with Gasteiger partial charge < -0.3 is 4.90 Å². The van der Waals surface area contributed by atoms with Crippen molar-refractivity contribution in [3.63, 3.8) is 0 Å². The third kappa shape index (κ3) is 5.25. The molecule has 0 atom stereocenters. The fraction of sp³-hybridized carbons (Fsp3) is 0.778. The molecule has 3 fully saturated rings. The fourth-order valence-corrected chi connectivity index (χ4v) is 6.26. The molecule has 0 radical (unpaired) electrons. The normalized spacial score (nSPS) is 25.5. The highest BCUT2D eigenvalue weighted by molar-refractivity contribution is 5.25. The Kier molecular flexibility index (Phi) is 6.42. The molecule has 0 aromatic heterocycles. The number of benzene rings is 1. The van der Waals surface area contributed by atoms with Crippen molar-refractivity contribution in [2.24, 2.45) is 11.3 Å². The Morgan fingerprint density at radius 1 is 0.828 bits per heavy atom. The smallest absolute Gasteiger partial charge is 0.0125 e. The molecule has 2 saturated heterocycles. The molecular formula is C27H44N2. The standard InChI is InChI=1S/C27H44N2/c1-22-5-7-24(8-6-22)25-9-13-27(14-10-25)15-19-28(20-16-27)21-23-11-17-29(18-12-23)26(2,3)4/h5-8,23,25H,9-21H2,1-4H3. The first kappa shape index (κ1) is 21.4. The van der Waals surface area contributed by atoms with E-state index in [4.69, 9.17) is 0 Å². The summed E-state index contributed by atoms with van der Waals surface area (Å²) < 4.78 is 0. The highest BCUT2D eigenvalue weighted by atomic mass is 15.2. The summed E-state index contributed by atoms with van der Waals surface area (Å²) in [4.78, 5) is 5.50. The van der Waals surface area contributed by atoms with Crippen molar-refractivity contribution < 1.29 is 0 Å². The molecule has 0 bridgehead atoms. The SMILES string of the molecule is Cc1ccc(C2CCC3(CC2)CCN(CC2CCN(C(C)(C)C)CC2)CC3)cc1. The van der Waals surface area contributed by atoms with Gasteiger partial charge in [-0.15, -0.1) is 0 Å². The number of hydrogen-bond donors (Lipinski definition) is 0. The summed E-state index contributed by atoms with van der Waals surface area (Å²) in [6.45, 7) is 16.0. The highest BCUT2D eigenvalue weighted by Gasteiger charge is 2.39. The van der Waals surface area contributed by atoms with Gasteiger partial charge in [-0.25, -0.2) is 0 Å². The first-order valence-electron chi connectivity index (χ1n) is 12.4. The zero-order chi connectivity index (χ0) is 20.5. The van der Waals surface area contributed by atoms with E-state index in [1.54, 1.807) is 5.56 Å². The van der Waals surface area contributed by atoms with Crippen LogP contribution in [0.1, 0.15) is 89.2 Å². The maximum absolute atomic E-state index is 2.81. The summed E-state index contributed by atoms with van der Waals surface area (Å²) >= 11 is 0. The van der Waals surface area contributed by atoms with Gasteiger partial charge in [0.05, 0.1) is 0 Å². The van der Waals surface area contributed by atoms with Crippen LogP contribution in [0, 0.1) is 18.3 Å². The second-order valence-corrected chi connectivity index (χ2v) is 11.6. The molecule has 29 heavy (non-hydrogen) atoms. The van der Waals surface area contributed by atoms with E-state index < -0.39 is 0 Å². The summed E-state index contributed by atoms with van der Waals surface area (Å²) in [6.07, 6.45) is 11.5. The van der Waals surface area contributed by atoms with Gasteiger partial charge >= 0.3 is 0 Å². The van der Waals surface area contributed by atoms with Crippen molar-refractivity contribution in [3.8, 4) is 0 Å². The van der Waals surface area contributed by atoms with Gasteiger partial charge in [0.1, 0.15) is 0 Å². The molecule has 1 spiro atoms. The van der Waals surface area contributed by atoms with Gasteiger partial charge in [0.15, 0.2) is 0 Å². The minimum atomic E-state index is 0.347. The second kappa shape index (κ2) is 8.71. The number of nitrogens with zero attached hydrogens (tertiary/aromatic N) is 2. The zero-order valence-corrected chi connectivity index (χ0v) is 19.6. The zero-order valence-electron chi connectivity index (χ0n) is 19.6. The van der Waals surface area contributed by atoms with Crippen LogP contribution in [0.4, 0.5) is 0 Å². The molecule has 2 aliphatic heterocycles. The van der Waals surface area contributed by atoms with Crippen LogP contribution in [0.25, 0.3) is 0 Å². The number of hydrogen-bond acceptors (Lipinski definition) is 2. The fourth-order valence-electron chi connectivity index (χ4n) is 6.26. The molecule has 2 heteroatoms. The average molecular weight is 397 g/mol. The van der Waals surface area contributed by atoms with Crippen molar-refractivity contribution in [3.05, 3.63) is 35.4 Å². The maximum atomic E-state index is 2.81. The van der Waals surface area contributed by atoms with Crippen LogP contribution in [0.15, 0.2) is 24.3 Å². The van der Waals surface area contributed by atoms with Gasteiger partial charge in [-0.3, -0.25) is 4.90 Å². The molecule has 1 aromatic carbocycles. The van der Waals surface area contributed by atoms with Gasteiger partial charge in [0.25, 0.3) is 0 Å². The van der Waals surface area contributed by atoms with Gasteiger partial charge in [-0.1, -0.05) is 29.8 Å². The molecule has 1 aromatic rings. The minimum Gasteiger partial charge on any atom is -0.303 e. The predicted molar refractivity (Wildman–Crippen MR) is 125 cm³/mol. The Balaban J connectivity index is 1.21. The molecule has 1 aliphatic carbocycles. The van der Waals surface area contributed by atoms with Crippen molar-refractivity contribution >= 4 is 0 Å². The van der Waals surface area contributed by atoms with Crippen molar-refractivity contribution in [2.45, 2.75) is 90.5 Å².